The van der Waals surface area contributed by atoms with Crippen LogP contribution in [0.1, 0.15) is 70.4 Å². The Morgan fingerprint density at radius 3 is 2.84 bits per heavy atom. The molecule has 4 heteroatoms. The maximum absolute atomic E-state index is 4.27. The molecule has 2 atom stereocenters. The number of nitrogens with one attached hydrogen (secondary N) is 1. The third-order valence-corrected chi connectivity index (χ3v) is 4.14. The smallest absolute Gasteiger partial charge is 0.0728 e. The monoisotopic (exact) mass is 264 g/mol. The third-order valence-electron chi connectivity index (χ3n) is 4.14. The van der Waals surface area contributed by atoms with Crippen molar-refractivity contribution in [1.82, 2.24) is 20.3 Å². The maximum atomic E-state index is 4.27. The van der Waals surface area contributed by atoms with Crippen LogP contribution in [-0.4, -0.2) is 27.6 Å². The van der Waals surface area contributed by atoms with E-state index in [0.717, 1.165) is 19.5 Å². The summed E-state index contributed by atoms with van der Waals surface area (Å²) in [6.45, 7) is 6.55. The summed E-state index contributed by atoms with van der Waals surface area (Å²) < 4.78 is 2.12. The van der Waals surface area contributed by atoms with Crippen LogP contribution in [0.5, 0.6) is 0 Å². The number of rotatable bonds is 6. The SMILES string of the molecule is CCCNC1CCCCCC1c1cnnn1CCC. The summed E-state index contributed by atoms with van der Waals surface area (Å²) in [6.07, 6.45) is 11.0. The van der Waals surface area contributed by atoms with E-state index in [1.165, 1.54) is 44.2 Å². The maximum Gasteiger partial charge on any atom is 0.0728 e. The summed E-state index contributed by atoms with van der Waals surface area (Å²) in [4.78, 5) is 0. The van der Waals surface area contributed by atoms with Gasteiger partial charge in [0.2, 0.25) is 0 Å². The summed E-state index contributed by atoms with van der Waals surface area (Å²) in [5, 5.41) is 12.2. The highest BCUT2D eigenvalue weighted by Crippen LogP contribution is 2.31. The molecule has 1 saturated carbocycles. The molecule has 1 aliphatic carbocycles. The zero-order valence-corrected chi connectivity index (χ0v) is 12.4. The number of aryl methyl sites for hydroxylation is 1. The Bertz CT molecular complexity index is 361. The van der Waals surface area contributed by atoms with Gasteiger partial charge in [0.1, 0.15) is 0 Å². The van der Waals surface area contributed by atoms with E-state index in [1.54, 1.807) is 0 Å². The first kappa shape index (κ1) is 14.5. The van der Waals surface area contributed by atoms with Crippen LogP contribution in [-0.2, 0) is 6.54 Å². The van der Waals surface area contributed by atoms with Crippen LogP contribution in [0.25, 0.3) is 0 Å². The van der Waals surface area contributed by atoms with Crippen molar-refractivity contribution in [3.05, 3.63) is 11.9 Å². The molecule has 2 unspecified atom stereocenters. The van der Waals surface area contributed by atoms with E-state index in [9.17, 15) is 0 Å². The molecule has 0 bridgehead atoms. The van der Waals surface area contributed by atoms with E-state index >= 15 is 0 Å². The van der Waals surface area contributed by atoms with Crippen LogP contribution in [0, 0.1) is 0 Å². The predicted octanol–water partition coefficient (Wildman–Crippen LogP) is 3.10. The lowest BCUT2D eigenvalue weighted by atomic mass is 9.91. The van der Waals surface area contributed by atoms with Gasteiger partial charge < -0.3 is 5.32 Å². The first-order chi connectivity index (χ1) is 9.36. The third kappa shape index (κ3) is 3.78. The average Bonchev–Trinajstić information content (AvgIpc) is 2.74. The fourth-order valence-corrected chi connectivity index (χ4v) is 3.17. The normalized spacial score (nSPS) is 24.3. The lowest BCUT2D eigenvalue weighted by molar-refractivity contribution is 0.387. The second-order valence-electron chi connectivity index (χ2n) is 5.69. The van der Waals surface area contributed by atoms with Crippen LogP contribution < -0.4 is 5.32 Å². The van der Waals surface area contributed by atoms with Crippen LogP contribution in [0.2, 0.25) is 0 Å². The first-order valence-corrected chi connectivity index (χ1v) is 7.98. The van der Waals surface area contributed by atoms with E-state index in [4.69, 9.17) is 0 Å². The fourth-order valence-electron chi connectivity index (χ4n) is 3.17. The largest absolute Gasteiger partial charge is 0.313 e. The standard InChI is InChI=1S/C15H28N4/c1-3-10-16-14-9-7-5-6-8-13(14)15-12-17-18-19(15)11-4-2/h12-14,16H,3-11H2,1-2H3. The van der Waals surface area contributed by atoms with Crippen molar-refractivity contribution in [3.63, 3.8) is 0 Å². The highest BCUT2D eigenvalue weighted by Gasteiger charge is 2.27. The number of hydrogen-bond donors (Lipinski definition) is 1. The van der Waals surface area contributed by atoms with Crippen LogP contribution in [0.15, 0.2) is 6.20 Å². The molecule has 4 nitrogen and oxygen atoms in total. The average molecular weight is 264 g/mol. The molecule has 1 aromatic heterocycles. The van der Waals surface area contributed by atoms with Crippen molar-refractivity contribution in [2.75, 3.05) is 6.54 Å². The van der Waals surface area contributed by atoms with Gasteiger partial charge in [-0.15, -0.1) is 5.10 Å². The Morgan fingerprint density at radius 2 is 2.05 bits per heavy atom. The Hall–Kier alpha value is -0.900. The topological polar surface area (TPSA) is 42.7 Å². The van der Waals surface area contributed by atoms with Gasteiger partial charge in [-0.2, -0.15) is 0 Å². The van der Waals surface area contributed by atoms with E-state index in [2.05, 4.69) is 34.2 Å². The van der Waals surface area contributed by atoms with Gasteiger partial charge in [0.25, 0.3) is 0 Å². The highest BCUT2D eigenvalue weighted by molar-refractivity contribution is 5.08. The number of hydrogen-bond acceptors (Lipinski definition) is 3. The Balaban J connectivity index is 2.13. The zero-order valence-electron chi connectivity index (χ0n) is 12.4. The minimum Gasteiger partial charge on any atom is -0.313 e. The summed E-state index contributed by atoms with van der Waals surface area (Å²) >= 11 is 0. The van der Waals surface area contributed by atoms with Crippen LogP contribution in [0.3, 0.4) is 0 Å². The molecule has 0 radical (unpaired) electrons. The van der Waals surface area contributed by atoms with Gasteiger partial charge in [-0.3, -0.25) is 0 Å². The molecule has 108 valence electrons. The van der Waals surface area contributed by atoms with Crippen molar-refractivity contribution in [2.24, 2.45) is 0 Å². The van der Waals surface area contributed by atoms with Gasteiger partial charge in [0.15, 0.2) is 0 Å². The summed E-state index contributed by atoms with van der Waals surface area (Å²) in [5.41, 5.74) is 1.34. The van der Waals surface area contributed by atoms with Gasteiger partial charge in [0.05, 0.1) is 11.9 Å². The minimum atomic E-state index is 0.593. The first-order valence-electron chi connectivity index (χ1n) is 7.98. The zero-order chi connectivity index (χ0) is 13.5. The van der Waals surface area contributed by atoms with Gasteiger partial charge >= 0.3 is 0 Å². The number of nitrogens with zero attached hydrogens (tertiary/aromatic N) is 3. The molecule has 2 rings (SSSR count). The van der Waals surface area contributed by atoms with Gasteiger partial charge in [-0.1, -0.05) is 38.3 Å². The minimum absolute atomic E-state index is 0.593. The lowest BCUT2D eigenvalue weighted by Gasteiger charge is -2.26. The Labute approximate surface area is 117 Å². The second-order valence-corrected chi connectivity index (χ2v) is 5.69. The second kappa shape index (κ2) is 7.63. The van der Waals surface area contributed by atoms with Crippen molar-refractivity contribution < 1.29 is 0 Å². The molecule has 1 aliphatic rings. The Kier molecular flexibility index (Phi) is 5.83. The van der Waals surface area contributed by atoms with Crippen LogP contribution in [0.4, 0.5) is 0 Å². The number of aromatic nitrogens is 3. The van der Waals surface area contributed by atoms with Crippen molar-refractivity contribution in [1.29, 1.82) is 0 Å². The van der Waals surface area contributed by atoms with E-state index in [1.807, 2.05) is 6.20 Å². The molecule has 0 amide bonds. The molecule has 0 saturated heterocycles. The van der Waals surface area contributed by atoms with Gasteiger partial charge in [-0.05, 0) is 32.2 Å². The van der Waals surface area contributed by atoms with E-state index in [-0.39, 0.29) is 0 Å². The molecular formula is C15H28N4. The summed E-state index contributed by atoms with van der Waals surface area (Å²) in [7, 11) is 0. The van der Waals surface area contributed by atoms with E-state index < -0.39 is 0 Å². The Morgan fingerprint density at radius 1 is 1.21 bits per heavy atom. The predicted molar refractivity (Wildman–Crippen MR) is 78.2 cm³/mol. The molecule has 0 aliphatic heterocycles. The summed E-state index contributed by atoms with van der Waals surface area (Å²) in [5.74, 6) is 0.593. The molecule has 1 N–H and O–H groups in total. The molecule has 1 aromatic rings. The fraction of sp³-hybridized carbons (Fsp3) is 0.867. The van der Waals surface area contributed by atoms with Crippen molar-refractivity contribution in [2.45, 2.75) is 77.3 Å². The molecule has 19 heavy (non-hydrogen) atoms. The van der Waals surface area contributed by atoms with Gasteiger partial charge in [-0.25, -0.2) is 4.68 Å². The van der Waals surface area contributed by atoms with Crippen LogP contribution >= 0.6 is 0 Å². The molecular weight excluding hydrogens is 236 g/mol. The lowest BCUT2D eigenvalue weighted by Crippen LogP contribution is -2.35. The van der Waals surface area contributed by atoms with Gasteiger partial charge in [0, 0.05) is 18.5 Å². The van der Waals surface area contributed by atoms with Crippen molar-refractivity contribution in [3.8, 4) is 0 Å². The molecule has 0 aromatic carbocycles. The van der Waals surface area contributed by atoms with E-state index in [0.29, 0.717) is 12.0 Å². The highest BCUT2D eigenvalue weighted by atomic mass is 15.4. The van der Waals surface area contributed by atoms with Crippen molar-refractivity contribution >= 4 is 0 Å². The summed E-state index contributed by atoms with van der Waals surface area (Å²) in [6, 6.07) is 0.608. The quantitative estimate of drug-likeness (QED) is 0.803. The molecule has 1 fully saturated rings. The molecule has 1 heterocycles. The molecule has 0 spiro atoms.